The van der Waals surface area contributed by atoms with Crippen molar-refractivity contribution in [2.45, 2.75) is 23.0 Å². The predicted molar refractivity (Wildman–Crippen MR) is 130 cm³/mol. The molecule has 33 heavy (non-hydrogen) atoms. The van der Waals surface area contributed by atoms with E-state index < -0.39 is 11.2 Å². The lowest BCUT2D eigenvalue weighted by Crippen LogP contribution is -2.19. The Morgan fingerprint density at radius 2 is 1.58 bits per heavy atom. The van der Waals surface area contributed by atoms with Crippen molar-refractivity contribution >= 4 is 52.5 Å². The molecule has 3 N–H and O–H groups in total. The Kier molecular flexibility index (Phi) is 7.01. The fourth-order valence-electron chi connectivity index (χ4n) is 3.22. The van der Waals surface area contributed by atoms with Gasteiger partial charge in [-0.05, 0) is 60.9 Å². The van der Waals surface area contributed by atoms with Crippen molar-refractivity contribution in [1.29, 1.82) is 0 Å². The van der Waals surface area contributed by atoms with E-state index in [1.54, 1.807) is 6.07 Å². The van der Waals surface area contributed by atoms with Gasteiger partial charge in [0.1, 0.15) is 5.25 Å². The summed E-state index contributed by atoms with van der Waals surface area (Å²) >= 11 is 7.30. The van der Waals surface area contributed by atoms with E-state index in [9.17, 15) is 19.5 Å². The van der Waals surface area contributed by atoms with Gasteiger partial charge in [-0.3, -0.25) is 9.59 Å². The SMILES string of the molecule is O=C(O)c1cc(NC(=O)C(Sc2ccc(NC(=O)C3CC3)cc2)c2ccccc2)ccc1Cl. The lowest BCUT2D eigenvalue weighted by atomic mass is 10.1. The van der Waals surface area contributed by atoms with Gasteiger partial charge < -0.3 is 15.7 Å². The molecule has 2 amide bonds. The normalized spacial score (nSPS) is 13.7. The van der Waals surface area contributed by atoms with Crippen LogP contribution < -0.4 is 10.6 Å². The zero-order valence-corrected chi connectivity index (χ0v) is 19.0. The van der Waals surface area contributed by atoms with Crippen LogP contribution in [0.5, 0.6) is 0 Å². The number of nitrogens with one attached hydrogen (secondary N) is 2. The molecule has 1 fully saturated rings. The van der Waals surface area contributed by atoms with Crippen molar-refractivity contribution in [2.75, 3.05) is 10.6 Å². The number of halogens is 1. The van der Waals surface area contributed by atoms with Crippen LogP contribution in [0.4, 0.5) is 11.4 Å². The summed E-state index contributed by atoms with van der Waals surface area (Å²) in [4.78, 5) is 37.4. The van der Waals surface area contributed by atoms with Crippen LogP contribution >= 0.6 is 23.4 Å². The summed E-state index contributed by atoms with van der Waals surface area (Å²) in [5.41, 5.74) is 1.79. The van der Waals surface area contributed by atoms with Crippen LogP contribution in [-0.2, 0) is 9.59 Å². The number of aromatic carboxylic acids is 1. The summed E-state index contributed by atoms with van der Waals surface area (Å²) in [5.74, 6) is -1.30. The third kappa shape index (κ3) is 5.94. The van der Waals surface area contributed by atoms with Gasteiger partial charge in [0, 0.05) is 22.2 Å². The van der Waals surface area contributed by atoms with Gasteiger partial charge in [-0.15, -0.1) is 11.8 Å². The first kappa shape index (κ1) is 22.9. The van der Waals surface area contributed by atoms with Crippen molar-refractivity contribution in [3.63, 3.8) is 0 Å². The van der Waals surface area contributed by atoms with E-state index in [1.807, 2.05) is 54.6 Å². The molecule has 0 heterocycles. The Labute approximate surface area is 200 Å². The number of amides is 2. The van der Waals surface area contributed by atoms with Crippen LogP contribution in [-0.4, -0.2) is 22.9 Å². The van der Waals surface area contributed by atoms with E-state index in [0.29, 0.717) is 5.69 Å². The Balaban J connectivity index is 1.52. The highest BCUT2D eigenvalue weighted by molar-refractivity contribution is 8.00. The minimum Gasteiger partial charge on any atom is -0.478 e. The molecule has 1 aliphatic carbocycles. The Morgan fingerprint density at radius 3 is 2.21 bits per heavy atom. The summed E-state index contributed by atoms with van der Waals surface area (Å²) in [6.07, 6.45) is 1.88. The molecule has 0 bridgehead atoms. The molecule has 0 aromatic heterocycles. The number of hydrogen-bond acceptors (Lipinski definition) is 4. The number of carbonyl (C=O) groups excluding carboxylic acids is 2. The molecule has 0 radical (unpaired) electrons. The first-order valence-electron chi connectivity index (χ1n) is 10.4. The molecule has 0 saturated heterocycles. The van der Waals surface area contributed by atoms with Gasteiger partial charge in [0.25, 0.3) is 0 Å². The number of thioether (sulfide) groups is 1. The third-order valence-electron chi connectivity index (χ3n) is 5.13. The van der Waals surface area contributed by atoms with Crippen LogP contribution in [0.3, 0.4) is 0 Å². The zero-order valence-electron chi connectivity index (χ0n) is 17.5. The fourth-order valence-corrected chi connectivity index (χ4v) is 4.44. The summed E-state index contributed by atoms with van der Waals surface area (Å²) < 4.78 is 0. The highest BCUT2D eigenvalue weighted by atomic mass is 35.5. The average Bonchev–Trinajstić information content (AvgIpc) is 3.66. The first-order valence-corrected chi connectivity index (χ1v) is 11.6. The molecule has 0 aliphatic heterocycles. The molecule has 1 aliphatic rings. The molecule has 1 saturated carbocycles. The molecular formula is C25H21ClN2O4S. The van der Waals surface area contributed by atoms with E-state index in [4.69, 9.17) is 11.6 Å². The third-order valence-corrected chi connectivity index (χ3v) is 6.72. The van der Waals surface area contributed by atoms with Gasteiger partial charge in [0.15, 0.2) is 0 Å². The van der Waals surface area contributed by atoms with Crippen LogP contribution in [0.25, 0.3) is 0 Å². The Bertz CT molecular complexity index is 1180. The Morgan fingerprint density at radius 1 is 0.909 bits per heavy atom. The van der Waals surface area contributed by atoms with Gasteiger partial charge in [-0.1, -0.05) is 41.9 Å². The highest BCUT2D eigenvalue weighted by Gasteiger charge is 2.29. The summed E-state index contributed by atoms with van der Waals surface area (Å²) in [6, 6.07) is 21.0. The standard InChI is InChI=1S/C25H21ClN2O4S/c26-21-13-10-18(14-20(21)25(31)32)28-24(30)22(15-4-2-1-3-5-15)33-19-11-8-17(9-12-19)27-23(29)16-6-7-16/h1-5,8-14,16,22H,6-7H2,(H,27,29)(H,28,30)(H,31,32). The van der Waals surface area contributed by atoms with E-state index >= 15 is 0 Å². The lowest BCUT2D eigenvalue weighted by Gasteiger charge is -2.18. The van der Waals surface area contributed by atoms with Gasteiger partial charge in [0.05, 0.1) is 10.6 Å². The van der Waals surface area contributed by atoms with Crippen molar-refractivity contribution in [3.05, 3.63) is 88.9 Å². The van der Waals surface area contributed by atoms with E-state index in [1.165, 1.54) is 23.9 Å². The van der Waals surface area contributed by atoms with E-state index in [0.717, 1.165) is 29.0 Å². The van der Waals surface area contributed by atoms with Gasteiger partial charge in [-0.2, -0.15) is 0 Å². The monoisotopic (exact) mass is 480 g/mol. The molecule has 6 nitrogen and oxygen atoms in total. The smallest absolute Gasteiger partial charge is 0.337 e. The highest BCUT2D eigenvalue weighted by Crippen LogP contribution is 2.37. The number of carboxylic acid groups (broad SMARTS) is 1. The predicted octanol–water partition coefficient (Wildman–Crippen LogP) is 5.86. The molecule has 168 valence electrons. The second-order valence-electron chi connectivity index (χ2n) is 7.69. The largest absolute Gasteiger partial charge is 0.478 e. The summed E-state index contributed by atoms with van der Waals surface area (Å²) in [7, 11) is 0. The van der Waals surface area contributed by atoms with Crippen LogP contribution in [0.1, 0.15) is 34.0 Å². The van der Waals surface area contributed by atoms with E-state index in [-0.39, 0.29) is 28.3 Å². The van der Waals surface area contributed by atoms with Gasteiger partial charge in [-0.25, -0.2) is 4.79 Å². The van der Waals surface area contributed by atoms with Crippen molar-refractivity contribution in [2.24, 2.45) is 5.92 Å². The quantitative estimate of drug-likeness (QED) is 0.351. The number of rotatable bonds is 8. The maximum atomic E-state index is 13.2. The van der Waals surface area contributed by atoms with Crippen LogP contribution in [0.2, 0.25) is 5.02 Å². The van der Waals surface area contributed by atoms with Gasteiger partial charge >= 0.3 is 5.97 Å². The van der Waals surface area contributed by atoms with Crippen LogP contribution in [0, 0.1) is 5.92 Å². The molecule has 0 spiro atoms. The average molecular weight is 481 g/mol. The molecule has 3 aromatic carbocycles. The maximum absolute atomic E-state index is 13.2. The molecular weight excluding hydrogens is 460 g/mol. The fraction of sp³-hybridized carbons (Fsp3) is 0.160. The van der Waals surface area contributed by atoms with Crippen molar-refractivity contribution in [1.82, 2.24) is 0 Å². The molecule has 4 rings (SSSR count). The lowest BCUT2D eigenvalue weighted by molar-refractivity contribution is -0.117. The number of carboxylic acids is 1. The second-order valence-corrected chi connectivity index (χ2v) is 9.27. The maximum Gasteiger partial charge on any atom is 0.337 e. The number of benzene rings is 3. The number of carbonyl (C=O) groups is 3. The number of hydrogen-bond donors (Lipinski definition) is 3. The topological polar surface area (TPSA) is 95.5 Å². The minimum absolute atomic E-state index is 0.0423. The summed E-state index contributed by atoms with van der Waals surface area (Å²) in [5, 5.41) is 14.5. The van der Waals surface area contributed by atoms with E-state index in [2.05, 4.69) is 10.6 Å². The van der Waals surface area contributed by atoms with Crippen molar-refractivity contribution in [3.8, 4) is 0 Å². The first-order chi connectivity index (χ1) is 15.9. The molecule has 3 aromatic rings. The van der Waals surface area contributed by atoms with Gasteiger partial charge in [0.2, 0.25) is 11.8 Å². The molecule has 1 atom stereocenters. The number of anilines is 2. The molecule has 1 unspecified atom stereocenters. The van der Waals surface area contributed by atoms with Crippen LogP contribution in [0.15, 0.2) is 77.7 Å². The summed E-state index contributed by atoms with van der Waals surface area (Å²) in [6.45, 7) is 0. The molecule has 8 heteroatoms. The second kappa shape index (κ2) is 10.1. The minimum atomic E-state index is -1.17. The van der Waals surface area contributed by atoms with Crippen molar-refractivity contribution < 1.29 is 19.5 Å². The zero-order chi connectivity index (χ0) is 23.4. The Hall–Kier alpha value is -3.29.